The molecule has 3 aromatic carbocycles. The van der Waals surface area contributed by atoms with Crippen LogP contribution < -0.4 is 4.74 Å². The fraction of sp³-hybridized carbons (Fsp3) is 0.100. The lowest BCUT2D eigenvalue weighted by molar-refractivity contribution is 0.304. The highest BCUT2D eigenvalue weighted by Crippen LogP contribution is 2.37. The molecule has 128 valence electrons. The van der Waals surface area contributed by atoms with Crippen molar-refractivity contribution >= 4 is 0 Å². The molecular weight excluding hydrogens is 329 g/mol. The maximum absolute atomic E-state index is 14.3. The normalized spacial score (nSPS) is 10.7. The van der Waals surface area contributed by atoms with Crippen LogP contribution in [0.3, 0.4) is 0 Å². The van der Waals surface area contributed by atoms with Gasteiger partial charge >= 0.3 is 0 Å². The van der Waals surface area contributed by atoms with Crippen LogP contribution in [0, 0.1) is 24.4 Å². The molecule has 0 saturated heterocycles. The Kier molecular flexibility index (Phi) is 4.65. The van der Waals surface area contributed by atoms with Crippen molar-refractivity contribution in [3.8, 4) is 22.6 Å². The Hall–Kier alpha value is -2.95. The van der Waals surface area contributed by atoms with Crippen LogP contribution in [-0.4, -0.2) is 5.11 Å². The molecule has 0 amide bonds. The lowest BCUT2D eigenvalue weighted by atomic mass is 10.0. The number of hydrogen-bond donors (Lipinski definition) is 1. The van der Waals surface area contributed by atoms with E-state index < -0.39 is 23.2 Å². The van der Waals surface area contributed by atoms with E-state index >= 15 is 0 Å². The molecule has 0 bridgehead atoms. The third-order valence-corrected chi connectivity index (χ3v) is 3.82. The molecule has 3 rings (SSSR count). The van der Waals surface area contributed by atoms with Gasteiger partial charge in [-0.3, -0.25) is 0 Å². The van der Waals surface area contributed by atoms with Crippen molar-refractivity contribution in [3.63, 3.8) is 0 Å². The number of benzene rings is 3. The molecule has 0 unspecified atom stereocenters. The summed E-state index contributed by atoms with van der Waals surface area (Å²) < 4.78 is 47.6. The average Bonchev–Trinajstić information content (AvgIpc) is 2.60. The van der Waals surface area contributed by atoms with Crippen LogP contribution in [0.25, 0.3) is 11.1 Å². The Morgan fingerprint density at radius 3 is 2.24 bits per heavy atom. The first kappa shape index (κ1) is 16.9. The molecule has 0 fully saturated rings. The number of ether oxygens (including phenoxy) is 1. The van der Waals surface area contributed by atoms with Gasteiger partial charge in [-0.05, 0) is 36.2 Å². The highest BCUT2D eigenvalue weighted by atomic mass is 19.1. The van der Waals surface area contributed by atoms with Gasteiger partial charge in [-0.15, -0.1) is 0 Å². The first-order valence-electron chi connectivity index (χ1n) is 7.61. The van der Waals surface area contributed by atoms with Gasteiger partial charge in [0.05, 0.1) is 0 Å². The Labute approximate surface area is 143 Å². The van der Waals surface area contributed by atoms with Crippen molar-refractivity contribution < 1.29 is 23.0 Å². The molecule has 0 aliphatic carbocycles. The Morgan fingerprint density at radius 2 is 1.52 bits per heavy atom. The van der Waals surface area contributed by atoms with E-state index in [9.17, 15) is 18.3 Å². The van der Waals surface area contributed by atoms with Gasteiger partial charge in [-0.1, -0.05) is 30.3 Å². The van der Waals surface area contributed by atoms with Gasteiger partial charge in [-0.25, -0.2) is 13.2 Å². The van der Waals surface area contributed by atoms with Gasteiger partial charge in [-0.2, -0.15) is 0 Å². The number of aromatic hydroxyl groups is 1. The predicted octanol–water partition coefficient (Wildman–Crippen LogP) is 5.36. The van der Waals surface area contributed by atoms with E-state index in [0.29, 0.717) is 0 Å². The van der Waals surface area contributed by atoms with E-state index in [1.54, 1.807) is 0 Å². The molecule has 0 atom stereocenters. The predicted molar refractivity (Wildman–Crippen MR) is 88.9 cm³/mol. The van der Waals surface area contributed by atoms with Crippen LogP contribution >= 0.6 is 0 Å². The summed E-state index contributed by atoms with van der Waals surface area (Å²) in [6.07, 6.45) is 0. The van der Waals surface area contributed by atoms with Crippen molar-refractivity contribution in [1.82, 2.24) is 0 Å². The zero-order valence-corrected chi connectivity index (χ0v) is 13.4. The zero-order valence-electron chi connectivity index (χ0n) is 13.4. The zero-order chi connectivity index (χ0) is 18.0. The monoisotopic (exact) mass is 344 g/mol. The van der Waals surface area contributed by atoms with Crippen LogP contribution in [0.15, 0.2) is 54.6 Å². The van der Waals surface area contributed by atoms with Gasteiger partial charge in [0.25, 0.3) is 0 Å². The average molecular weight is 344 g/mol. The summed E-state index contributed by atoms with van der Waals surface area (Å²) in [6.45, 7) is 1.57. The summed E-state index contributed by atoms with van der Waals surface area (Å²) in [6, 6.07) is 13.2. The molecule has 0 heterocycles. The molecule has 0 aromatic heterocycles. The molecule has 0 aliphatic rings. The fourth-order valence-corrected chi connectivity index (χ4v) is 2.46. The second-order valence-corrected chi connectivity index (χ2v) is 5.66. The number of phenolic OH excluding ortho intramolecular Hbond substituents is 1. The van der Waals surface area contributed by atoms with E-state index in [0.717, 1.165) is 29.8 Å². The van der Waals surface area contributed by atoms with Gasteiger partial charge in [0.15, 0.2) is 11.6 Å². The first-order valence-corrected chi connectivity index (χ1v) is 7.61. The first-order chi connectivity index (χ1) is 12.0. The maximum Gasteiger partial charge on any atom is 0.165 e. The van der Waals surface area contributed by atoms with Crippen LogP contribution in [-0.2, 0) is 6.61 Å². The molecule has 0 spiro atoms. The Bertz CT molecular complexity index is 909. The molecule has 0 saturated carbocycles. The van der Waals surface area contributed by atoms with Crippen molar-refractivity contribution in [1.29, 1.82) is 0 Å². The minimum atomic E-state index is -0.942. The number of halogens is 3. The van der Waals surface area contributed by atoms with Crippen LogP contribution in [0.5, 0.6) is 11.5 Å². The summed E-state index contributed by atoms with van der Waals surface area (Å²) in [5, 5.41) is 9.61. The topological polar surface area (TPSA) is 29.5 Å². The van der Waals surface area contributed by atoms with Gasteiger partial charge < -0.3 is 9.84 Å². The minimum absolute atomic E-state index is 0.0302. The Morgan fingerprint density at radius 1 is 0.840 bits per heavy atom. The largest absolute Gasteiger partial charge is 0.505 e. The number of hydrogen-bond acceptors (Lipinski definition) is 2. The quantitative estimate of drug-likeness (QED) is 0.690. The minimum Gasteiger partial charge on any atom is -0.505 e. The highest BCUT2D eigenvalue weighted by molar-refractivity contribution is 5.72. The van der Waals surface area contributed by atoms with Crippen molar-refractivity contribution in [2.45, 2.75) is 13.5 Å². The van der Waals surface area contributed by atoms with Crippen LogP contribution in [0.1, 0.15) is 11.1 Å². The summed E-state index contributed by atoms with van der Waals surface area (Å²) in [5.41, 5.74) is 0.882. The number of phenols is 1. The Balaban J connectivity index is 2.04. The van der Waals surface area contributed by atoms with E-state index in [1.165, 1.54) is 6.92 Å². The molecule has 0 radical (unpaired) electrons. The maximum atomic E-state index is 14.3. The molecule has 25 heavy (non-hydrogen) atoms. The SMILES string of the molecule is Cc1cc(F)c(-c2cc(F)c(O)cc2OCc2ccccc2)cc1F. The summed E-state index contributed by atoms with van der Waals surface area (Å²) in [5.74, 6) is -2.82. The van der Waals surface area contributed by atoms with Crippen LogP contribution in [0.4, 0.5) is 13.2 Å². The lowest BCUT2D eigenvalue weighted by Crippen LogP contribution is -1.99. The van der Waals surface area contributed by atoms with E-state index in [4.69, 9.17) is 4.74 Å². The second-order valence-electron chi connectivity index (χ2n) is 5.66. The molecule has 5 heteroatoms. The lowest BCUT2D eigenvalue weighted by Gasteiger charge is -2.14. The number of aryl methyl sites for hydroxylation is 1. The molecule has 2 nitrogen and oxygen atoms in total. The summed E-state index contributed by atoms with van der Waals surface area (Å²) in [4.78, 5) is 0. The van der Waals surface area contributed by atoms with E-state index in [-0.39, 0.29) is 29.0 Å². The molecule has 0 aliphatic heterocycles. The van der Waals surface area contributed by atoms with Crippen molar-refractivity contribution in [3.05, 3.63) is 83.2 Å². The number of rotatable bonds is 4. The highest BCUT2D eigenvalue weighted by Gasteiger charge is 2.17. The van der Waals surface area contributed by atoms with E-state index in [2.05, 4.69) is 0 Å². The second kappa shape index (κ2) is 6.89. The van der Waals surface area contributed by atoms with Crippen molar-refractivity contribution in [2.24, 2.45) is 0 Å². The van der Waals surface area contributed by atoms with E-state index in [1.807, 2.05) is 30.3 Å². The van der Waals surface area contributed by atoms with Gasteiger partial charge in [0.2, 0.25) is 0 Å². The van der Waals surface area contributed by atoms with Gasteiger partial charge in [0.1, 0.15) is 24.0 Å². The molecule has 3 aromatic rings. The summed E-state index contributed by atoms with van der Waals surface area (Å²) >= 11 is 0. The summed E-state index contributed by atoms with van der Waals surface area (Å²) in [7, 11) is 0. The molecular formula is C20H15F3O2. The third-order valence-electron chi connectivity index (χ3n) is 3.82. The fourth-order valence-electron chi connectivity index (χ4n) is 2.46. The third kappa shape index (κ3) is 3.60. The van der Waals surface area contributed by atoms with Gasteiger partial charge in [0, 0.05) is 17.2 Å². The smallest absolute Gasteiger partial charge is 0.165 e. The van der Waals surface area contributed by atoms with Crippen LogP contribution in [0.2, 0.25) is 0 Å². The van der Waals surface area contributed by atoms with Crippen molar-refractivity contribution in [2.75, 3.05) is 0 Å². The standard InChI is InChI=1S/C20H15F3O2/c1-12-7-17(22)14(8-16(12)21)15-9-18(23)19(24)10-20(15)25-11-13-5-3-2-4-6-13/h2-10,24H,11H2,1H3. The molecule has 1 N–H and O–H groups in total.